The summed E-state index contributed by atoms with van der Waals surface area (Å²) in [6, 6.07) is -0.0467. The van der Waals surface area contributed by atoms with Gasteiger partial charge in [0.1, 0.15) is 5.66 Å². The fraction of sp³-hybridized carbons (Fsp3) is 0.600. The summed E-state index contributed by atoms with van der Waals surface area (Å²) in [7, 11) is 0. The van der Waals surface area contributed by atoms with Crippen LogP contribution in [0.15, 0.2) is 40.9 Å². The van der Waals surface area contributed by atoms with Crippen molar-refractivity contribution in [3.05, 3.63) is 36.0 Å². The Morgan fingerprint density at radius 1 is 1.30 bits per heavy atom. The summed E-state index contributed by atoms with van der Waals surface area (Å²) in [4.78, 5) is 18.2. The smallest absolute Gasteiger partial charge is 0.212 e. The van der Waals surface area contributed by atoms with E-state index in [4.69, 9.17) is 0 Å². The zero-order valence-corrected chi connectivity index (χ0v) is 16.0. The van der Waals surface area contributed by atoms with Gasteiger partial charge in [-0.1, -0.05) is 57.6 Å². The molecule has 0 saturated carbocycles. The van der Waals surface area contributed by atoms with Gasteiger partial charge in [-0.3, -0.25) is 9.79 Å². The van der Waals surface area contributed by atoms with Crippen molar-refractivity contribution < 1.29 is 4.79 Å². The minimum Gasteiger partial charge on any atom is -0.314 e. The number of aliphatic imine (C=N–C) groups is 1. The van der Waals surface area contributed by atoms with Gasteiger partial charge in [-0.2, -0.15) is 0 Å². The molecule has 0 fully saturated rings. The van der Waals surface area contributed by atoms with E-state index in [1.54, 1.807) is 6.21 Å². The molecule has 0 aliphatic heterocycles. The Kier molecular flexibility index (Phi) is 9.47. The Bertz CT molecular complexity index is 472. The van der Waals surface area contributed by atoms with E-state index < -0.39 is 5.66 Å². The first-order chi connectivity index (χ1) is 10.8. The maximum Gasteiger partial charge on any atom is 0.212 e. The number of carbonyl (C=O) groups is 1. The highest BCUT2D eigenvalue weighted by Gasteiger charge is 2.34. The Labute approximate surface area is 142 Å². The number of nitrogens with zero attached hydrogens (tertiary/aromatic N) is 2. The first kappa shape index (κ1) is 21.4. The van der Waals surface area contributed by atoms with Crippen molar-refractivity contribution in [1.82, 2.24) is 4.90 Å². The minimum atomic E-state index is -0.587. The van der Waals surface area contributed by atoms with Crippen molar-refractivity contribution in [2.24, 2.45) is 10.9 Å². The number of allylic oxidation sites excluding steroid dienone is 3. The van der Waals surface area contributed by atoms with Crippen LogP contribution in [-0.2, 0) is 4.79 Å². The molecule has 23 heavy (non-hydrogen) atoms. The predicted octanol–water partition coefficient (Wildman–Crippen LogP) is 5.16. The van der Waals surface area contributed by atoms with Gasteiger partial charge in [0.2, 0.25) is 6.41 Å². The Morgan fingerprint density at radius 2 is 1.91 bits per heavy atom. The zero-order valence-electron chi connectivity index (χ0n) is 16.0. The monoisotopic (exact) mass is 318 g/mol. The van der Waals surface area contributed by atoms with E-state index in [-0.39, 0.29) is 6.04 Å². The number of hydrogen-bond acceptors (Lipinski definition) is 2. The molecule has 0 aromatic heterocycles. The summed E-state index contributed by atoms with van der Waals surface area (Å²) in [6.07, 6.45) is 10.7. The lowest BCUT2D eigenvalue weighted by molar-refractivity contribution is -0.125. The van der Waals surface area contributed by atoms with Crippen LogP contribution < -0.4 is 0 Å². The van der Waals surface area contributed by atoms with Crippen molar-refractivity contribution >= 4 is 12.6 Å². The van der Waals surface area contributed by atoms with E-state index in [2.05, 4.69) is 51.4 Å². The Balaban J connectivity index is 6.00. The second kappa shape index (κ2) is 10.2. The average molecular weight is 319 g/mol. The SMILES string of the molecule is C=C/C(=C\C=C(\C)CC)C(C(C)CC)N(C=O)C(C)(C)/N=C\C. The molecule has 0 heterocycles. The fourth-order valence-corrected chi connectivity index (χ4v) is 2.55. The van der Waals surface area contributed by atoms with Gasteiger partial charge in [-0.25, -0.2) is 0 Å². The molecule has 0 radical (unpaired) electrons. The molecular weight excluding hydrogens is 284 g/mol. The molecule has 1 amide bonds. The van der Waals surface area contributed by atoms with Gasteiger partial charge < -0.3 is 4.90 Å². The Morgan fingerprint density at radius 3 is 2.30 bits per heavy atom. The summed E-state index contributed by atoms with van der Waals surface area (Å²) in [5.74, 6) is 0.311. The van der Waals surface area contributed by atoms with Crippen LogP contribution in [0, 0.1) is 5.92 Å². The van der Waals surface area contributed by atoms with Crippen molar-refractivity contribution in [2.75, 3.05) is 0 Å². The predicted molar refractivity (Wildman–Crippen MR) is 102 cm³/mol. The Hall–Kier alpha value is -1.64. The van der Waals surface area contributed by atoms with E-state index in [0.717, 1.165) is 24.8 Å². The summed E-state index contributed by atoms with van der Waals surface area (Å²) in [5.41, 5.74) is 1.77. The molecule has 3 nitrogen and oxygen atoms in total. The first-order valence-electron chi connectivity index (χ1n) is 8.52. The zero-order chi connectivity index (χ0) is 18.0. The van der Waals surface area contributed by atoms with Crippen LogP contribution in [0.25, 0.3) is 0 Å². The molecule has 0 N–H and O–H groups in total. The normalized spacial score (nSPS) is 16.3. The number of hydrogen-bond donors (Lipinski definition) is 0. The third-order valence-corrected chi connectivity index (χ3v) is 4.37. The summed E-state index contributed by atoms with van der Waals surface area (Å²) < 4.78 is 0. The van der Waals surface area contributed by atoms with Gasteiger partial charge in [0, 0.05) is 0 Å². The van der Waals surface area contributed by atoms with Gasteiger partial charge in [-0.05, 0) is 51.8 Å². The van der Waals surface area contributed by atoms with Crippen molar-refractivity contribution in [3.63, 3.8) is 0 Å². The molecule has 0 saturated heterocycles. The van der Waals surface area contributed by atoms with E-state index in [9.17, 15) is 4.79 Å². The molecular formula is C20H34N2O. The molecule has 130 valence electrons. The second-order valence-electron chi connectivity index (χ2n) is 6.46. The van der Waals surface area contributed by atoms with Crippen LogP contribution in [-0.4, -0.2) is 29.2 Å². The van der Waals surface area contributed by atoms with Gasteiger partial charge in [0.05, 0.1) is 6.04 Å². The van der Waals surface area contributed by atoms with Crippen LogP contribution in [0.1, 0.15) is 61.3 Å². The number of amides is 1. The third-order valence-electron chi connectivity index (χ3n) is 4.37. The highest BCUT2D eigenvalue weighted by Crippen LogP contribution is 2.29. The summed E-state index contributed by atoms with van der Waals surface area (Å²) in [6.45, 7) is 18.3. The van der Waals surface area contributed by atoms with E-state index in [1.807, 2.05) is 31.7 Å². The minimum absolute atomic E-state index is 0.0467. The summed E-state index contributed by atoms with van der Waals surface area (Å²) in [5, 5.41) is 0. The lowest BCUT2D eigenvalue weighted by Gasteiger charge is -2.42. The first-order valence-corrected chi connectivity index (χ1v) is 8.52. The fourth-order valence-electron chi connectivity index (χ4n) is 2.55. The standard InChI is InChI=1S/C20H34N2O/c1-9-16(5)13-14-18(11-3)19(17(6)10-2)22(15-23)20(7,8)21-12-4/h11-15,17,19H,3,9-10H2,1-2,4-8H3/b16-13-,18-14+,21-12-. The molecule has 0 rings (SSSR count). The molecule has 0 aromatic rings. The molecule has 0 aliphatic rings. The van der Waals surface area contributed by atoms with Crippen LogP contribution in [0.2, 0.25) is 0 Å². The van der Waals surface area contributed by atoms with Gasteiger partial charge >= 0.3 is 0 Å². The van der Waals surface area contributed by atoms with Crippen LogP contribution in [0.5, 0.6) is 0 Å². The van der Waals surface area contributed by atoms with Crippen LogP contribution in [0.3, 0.4) is 0 Å². The molecule has 0 spiro atoms. The van der Waals surface area contributed by atoms with Crippen molar-refractivity contribution in [1.29, 1.82) is 0 Å². The highest BCUT2D eigenvalue weighted by atomic mass is 16.1. The largest absolute Gasteiger partial charge is 0.314 e. The third kappa shape index (κ3) is 6.17. The summed E-state index contributed by atoms with van der Waals surface area (Å²) >= 11 is 0. The van der Waals surface area contributed by atoms with Crippen molar-refractivity contribution in [2.45, 2.75) is 73.0 Å². The molecule has 0 aliphatic carbocycles. The van der Waals surface area contributed by atoms with Crippen LogP contribution >= 0.6 is 0 Å². The quantitative estimate of drug-likeness (QED) is 0.311. The van der Waals surface area contributed by atoms with E-state index in [1.165, 1.54) is 5.57 Å². The molecule has 0 bridgehead atoms. The molecule has 2 atom stereocenters. The van der Waals surface area contributed by atoms with Gasteiger partial charge in [-0.15, -0.1) is 0 Å². The van der Waals surface area contributed by atoms with Gasteiger partial charge in [0.15, 0.2) is 0 Å². The van der Waals surface area contributed by atoms with Crippen LogP contribution in [0.4, 0.5) is 0 Å². The molecule has 3 heteroatoms. The van der Waals surface area contributed by atoms with Crippen molar-refractivity contribution in [3.8, 4) is 0 Å². The lowest BCUT2D eigenvalue weighted by atomic mass is 9.88. The molecule has 0 aromatic carbocycles. The average Bonchev–Trinajstić information content (AvgIpc) is 2.52. The maximum absolute atomic E-state index is 11.9. The second-order valence-corrected chi connectivity index (χ2v) is 6.46. The van der Waals surface area contributed by atoms with E-state index in [0.29, 0.717) is 5.92 Å². The highest BCUT2D eigenvalue weighted by molar-refractivity contribution is 5.57. The lowest BCUT2D eigenvalue weighted by Crippen LogP contribution is -2.51. The molecule has 2 unspecified atom stereocenters. The maximum atomic E-state index is 11.9. The van der Waals surface area contributed by atoms with Gasteiger partial charge in [0.25, 0.3) is 0 Å². The van der Waals surface area contributed by atoms with E-state index >= 15 is 0 Å². The topological polar surface area (TPSA) is 32.7 Å². The number of carbonyl (C=O) groups excluding carboxylic acids is 1. The number of rotatable bonds is 10.